The molecule has 0 saturated carbocycles. The van der Waals surface area contributed by atoms with Crippen LogP contribution in [-0.4, -0.2) is 31.8 Å². The summed E-state index contributed by atoms with van der Waals surface area (Å²) in [6.07, 6.45) is 2.22. The van der Waals surface area contributed by atoms with Crippen molar-refractivity contribution >= 4 is 40.4 Å². The fraction of sp³-hybridized carbons (Fsp3) is 0.308. The summed E-state index contributed by atoms with van der Waals surface area (Å²) in [6.45, 7) is 2.21. The van der Waals surface area contributed by atoms with Crippen LogP contribution in [0.25, 0.3) is 10.9 Å². The van der Waals surface area contributed by atoms with Crippen LogP contribution >= 0.6 is 15.9 Å². The van der Waals surface area contributed by atoms with Crippen molar-refractivity contribution in [2.75, 3.05) is 13.7 Å². The van der Waals surface area contributed by atoms with E-state index < -0.39 is 0 Å². The zero-order chi connectivity index (χ0) is 13.8. The monoisotopic (exact) mass is 323 g/mol. The number of esters is 1. The zero-order valence-electron chi connectivity index (χ0n) is 11.0. The van der Waals surface area contributed by atoms with Crippen LogP contribution in [0, 0.1) is 0 Å². The van der Waals surface area contributed by atoms with E-state index in [1.54, 1.807) is 7.11 Å². The van der Waals surface area contributed by atoms with Crippen molar-refractivity contribution in [1.82, 2.24) is 4.48 Å². The highest BCUT2D eigenvalue weighted by molar-refractivity contribution is 9.10. The number of hydrogen-bond acceptors (Lipinski definition) is 3. The molecule has 0 aliphatic rings. The Kier molecular flexibility index (Phi) is 4.66. The van der Waals surface area contributed by atoms with Gasteiger partial charge in [0, 0.05) is 22.5 Å². The smallest absolute Gasteiger partial charge is 0.400 e. The molecule has 1 aromatic carbocycles. The maximum atomic E-state index is 11.6. The lowest BCUT2D eigenvalue weighted by molar-refractivity contribution is -0.142. The topological polar surface area (TPSA) is 40.5 Å². The molecule has 0 N–H and O–H groups in total. The van der Waals surface area contributed by atoms with Crippen LogP contribution in [0.4, 0.5) is 0 Å². The Bertz CT molecular complexity index is 597. The fourth-order valence-electron chi connectivity index (χ4n) is 2.10. The number of halogens is 1. The van der Waals surface area contributed by atoms with Gasteiger partial charge in [-0.3, -0.25) is 4.79 Å². The SMILES string of the molecule is CCOC(=O)Cc1cn(BOC)c2cc(Br)ccc12. The first kappa shape index (κ1) is 14.2. The molecule has 19 heavy (non-hydrogen) atoms. The normalized spacial score (nSPS) is 10.7. The highest BCUT2D eigenvalue weighted by Crippen LogP contribution is 2.25. The van der Waals surface area contributed by atoms with Crippen molar-refractivity contribution in [2.24, 2.45) is 0 Å². The summed E-state index contributed by atoms with van der Waals surface area (Å²) >= 11 is 3.46. The van der Waals surface area contributed by atoms with Crippen molar-refractivity contribution in [3.63, 3.8) is 0 Å². The molecule has 100 valence electrons. The van der Waals surface area contributed by atoms with Crippen LogP contribution in [0.2, 0.25) is 0 Å². The van der Waals surface area contributed by atoms with E-state index in [4.69, 9.17) is 9.39 Å². The molecule has 0 spiro atoms. The number of aromatic nitrogens is 1. The molecule has 0 unspecified atom stereocenters. The first-order valence-corrected chi connectivity index (χ1v) is 6.86. The van der Waals surface area contributed by atoms with Gasteiger partial charge in [0.05, 0.1) is 13.0 Å². The molecule has 6 heteroatoms. The number of rotatable bonds is 5. The predicted molar refractivity (Wildman–Crippen MR) is 79.5 cm³/mol. The van der Waals surface area contributed by atoms with Gasteiger partial charge in [-0.2, -0.15) is 0 Å². The molecule has 0 radical (unpaired) electrons. The van der Waals surface area contributed by atoms with Gasteiger partial charge < -0.3 is 13.9 Å². The highest BCUT2D eigenvalue weighted by Gasteiger charge is 2.13. The summed E-state index contributed by atoms with van der Waals surface area (Å²) in [5.41, 5.74) is 1.99. The van der Waals surface area contributed by atoms with Gasteiger partial charge in [0.1, 0.15) is 0 Å². The van der Waals surface area contributed by atoms with Crippen molar-refractivity contribution in [1.29, 1.82) is 0 Å². The molecule has 4 nitrogen and oxygen atoms in total. The third-order valence-electron chi connectivity index (χ3n) is 2.84. The molecule has 1 aromatic heterocycles. The molecule has 2 rings (SSSR count). The van der Waals surface area contributed by atoms with Crippen molar-refractivity contribution in [3.05, 3.63) is 34.4 Å². The standard InChI is InChI=1S/C13H15BBrNO3/c1-3-19-13(17)6-9-8-16(14-18-2)12-7-10(15)4-5-11(9)12/h4-5,7-8,14H,3,6H2,1-2H3. The van der Waals surface area contributed by atoms with Crippen LogP contribution in [0.3, 0.4) is 0 Å². The van der Waals surface area contributed by atoms with Crippen molar-refractivity contribution in [2.45, 2.75) is 13.3 Å². The fourth-order valence-corrected chi connectivity index (χ4v) is 2.44. The Hall–Kier alpha value is -1.27. The Labute approximate surface area is 121 Å². The molecule has 1 heterocycles. The molecule has 0 aliphatic heterocycles. The Morgan fingerprint density at radius 3 is 2.95 bits per heavy atom. The Morgan fingerprint density at radius 1 is 1.47 bits per heavy atom. The van der Waals surface area contributed by atoms with Crippen molar-refractivity contribution in [3.8, 4) is 0 Å². The third-order valence-corrected chi connectivity index (χ3v) is 3.33. The lowest BCUT2D eigenvalue weighted by Crippen LogP contribution is -2.08. The summed E-state index contributed by atoms with van der Waals surface area (Å²) in [6, 6.07) is 5.98. The van der Waals surface area contributed by atoms with E-state index in [2.05, 4.69) is 15.9 Å². The number of nitrogens with zero attached hydrogens (tertiary/aromatic N) is 1. The summed E-state index contributed by atoms with van der Waals surface area (Å²) in [5.74, 6) is -0.207. The van der Waals surface area contributed by atoms with Crippen LogP contribution in [-0.2, 0) is 20.6 Å². The highest BCUT2D eigenvalue weighted by atomic mass is 79.9. The molecular weight excluding hydrogens is 309 g/mol. The van der Waals surface area contributed by atoms with Crippen LogP contribution in [0.15, 0.2) is 28.9 Å². The van der Waals surface area contributed by atoms with Gasteiger partial charge >= 0.3 is 13.6 Å². The van der Waals surface area contributed by atoms with Crippen LogP contribution < -0.4 is 0 Å². The van der Waals surface area contributed by atoms with Crippen molar-refractivity contribution < 1.29 is 14.2 Å². The number of benzene rings is 1. The minimum atomic E-state index is -0.207. The Balaban J connectivity index is 2.40. The maximum absolute atomic E-state index is 11.6. The van der Waals surface area contributed by atoms with Crippen LogP contribution in [0.1, 0.15) is 12.5 Å². The summed E-state index contributed by atoms with van der Waals surface area (Å²) in [7, 11) is 2.10. The average Bonchev–Trinajstić information content (AvgIpc) is 2.68. The lowest BCUT2D eigenvalue weighted by atomic mass is 10.1. The van der Waals surface area contributed by atoms with E-state index in [-0.39, 0.29) is 12.4 Å². The minimum absolute atomic E-state index is 0.207. The molecule has 0 atom stereocenters. The van der Waals surface area contributed by atoms with Gasteiger partial charge in [0.25, 0.3) is 0 Å². The minimum Gasteiger partial charge on any atom is -0.466 e. The van der Waals surface area contributed by atoms with E-state index in [1.165, 1.54) is 0 Å². The molecular formula is C13H15BBrNO3. The molecule has 0 saturated heterocycles. The number of hydrogen-bond donors (Lipinski definition) is 0. The first-order valence-electron chi connectivity index (χ1n) is 6.07. The van der Waals surface area contributed by atoms with Gasteiger partial charge in [0.15, 0.2) is 0 Å². The number of carbonyl (C=O) groups is 1. The average molecular weight is 324 g/mol. The zero-order valence-corrected chi connectivity index (χ0v) is 12.6. The molecule has 0 aliphatic carbocycles. The Morgan fingerprint density at radius 2 is 2.26 bits per heavy atom. The number of fused-ring (bicyclic) bond motifs is 1. The van der Waals surface area contributed by atoms with E-state index in [9.17, 15) is 4.79 Å². The maximum Gasteiger partial charge on any atom is 0.400 e. The molecule has 2 aromatic rings. The molecule has 0 bridgehead atoms. The number of carbonyl (C=O) groups excluding carboxylic acids is 1. The molecule has 0 fully saturated rings. The lowest BCUT2D eigenvalue weighted by Gasteiger charge is -2.01. The van der Waals surface area contributed by atoms with Gasteiger partial charge in [-0.15, -0.1) is 0 Å². The van der Waals surface area contributed by atoms with Crippen LogP contribution in [0.5, 0.6) is 0 Å². The second-order valence-electron chi connectivity index (χ2n) is 4.19. The third kappa shape index (κ3) is 3.19. The summed E-state index contributed by atoms with van der Waals surface area (Å²) in [4.78, 5) is 11.6. The predicted octanol–water partition coefficient (Wildman–Crippen LogP) is 2.27. The van der Waals surface area contributed by atoms with Gasteiger partial charge in [0.2, 0.25) is 0 Å². The largest absolute Gasteiger partial charge is 0.466 e. The summed E-state index contributed by atoms with van der Waals surface area (Å²) in [5, 5.41) is 1.05. The van der Waals surface area contributed by atoms with Gasteiger partial charge in [-0.1, -0.05) is 22.0 Å². The first-order chi connectivity index (χ1) is 9.15. The van der Waals surface area contributed by atoms with E-state index >= 15 is 0 Å². The van der Waals surface area contributed by atoms with E-state index in [1.807, 2.05) is 35.8 Å². The second kappa shape index (κ2) is 6.26. The quantitative estimate of drug-likeness (QED) is 0.626. The van der Waals surface area contributed by atoms with E-state index in [0.717, 1.165) is 20.9 Å². The summed E-state index contributed by atoms with van der Waals surface area (Å²) < 4.78 is 13.2. The number of ether oxygens (including phenoxy) is 1. The van der Waals surface area contributed by atoms with Gasteiger partial charge in [-0.05, 0) is 30.8 Å². The van der Waals surface area contributed by atoms with E-state index in [0.29, 0.717) is 14.2 Å². The second-order valence-corrected chi connectivity index (χ2v) is 5.10. The molecule has 0 amide bonds. The van der Waals surface area contributed by atoms with Gasteiger partial charge in [-0.25, -0.2) is 0 Å².